The molecule has 0 aliphatic carbocycles. The summed E-state index contributed by atoms with van der Waals surface area (Å²) in [4.78, 5) is 28.9. The SMILES string of the molecule is CNC(=O)c1cn[nH]c1C1(C)CCCN(C(=O)CN2CCOCC2)C1. The number of nitrogens with one attached hydrogen (secondary N) is 2. The van der Waals surface area contributed by atoms with Gasteiger partial charge in [-0.05, 0) is 12.8 Å². The van der Waals surface area contributed by atoms with Gasteiger partial charge in [0.05, 0.1) is 37.2 Å². The number of carbonyl (C=O) groups excluding carboxylic acids is 2. The number of rotatable bonds is 4. The summed E-state index contributed by atoms with van der Waals surface area (Å²) in [7, 11) is 1.61. The van der Waals surface area contributed by atoms with E-state index in [2.05, 4.69) is 27.3 Å². The zero-order chi connectivity index (χ0) is 17.9. The molecule has 0 aromatic carbocycles. The number of morpholine rings is 1. The molecule has 3 heterocycles. The summed E-state index contributed by atoms with van der Waals surface area (Å²) in [5.41, 5.74) is 1.08. The van der Waals surface area contributed by atoms with Gasteiger partial charge in [-0.15, -0.1) is 0 Å². The van der Waals surface area contributed by atoms with Crippen LogP contribution in [-0.2, 0) is 14.9 Å². The Morgan fingerprint density at radius 1 is 1.36 bits per heavy atom. The first-order chi connectivity index (χ1) is 12.0. The van der Waals surface area contributed by atoms with E-state index in [1.54, 1.807) is 13.2 Å². The number of hydrogen-bond acceptors (Lipinski definition) is 5. The maximum Gasteiger partial charge on any atom is 0.254 e. The molecule has 0 spiro atoms. The highest BCUT2D eigenvalue weighted by molar-refractivity contribution is 5.95. The Morgan fingerprint density at radius 2 is 2.12 bits per heavy atom. The standard InChI is InChI=1S/C17H27N5O3/c1-17(15-13(10-19-20-15)16(24)18-2)4-3-5-22(12-17)14(23)11-21-6-8-25-9-7-21/h10H,3-9,11-12H2,1-2H3,(H,18,24)(H,19,20). The molecule has 138 valence electrons. The minimum Gasteiger partial charge on any atom is -0.379 e. The maximum absolute atomic E-state index is 12.7. The molecule has 1 atom stereocenters. The summed E-state index contributed by atoms with van der Waals surface area (Å²) in [5.74, 6) is -0.00410. The Kier molecular flexibility index (Phi) is 5.39. The van der Waals surface area contributed by atoms with Crippen molar-refractivity contribution in [2.75, 3.05) is 53.0 Å². The molecule has 25 heavy (non-hydrogen) atoms. The number of H-pyrrole nitrogens is 1. The van der Waals surface area contributed by atoms with Gasteiger partial charge >= 0.3 is 0 Å². The summed E-state index contributed by atoms with van der Waals surface area (Å²) in [6, 6.07) is 0. The maximum atomic E-state index is 12.7. The second-order valence-electron chi connectivity index (χ2n) is 7.11. The third-order valence-corrected chi connectivity index (χ3v) is 5.23. The molecule has 2 saturated heterocycles. The van der Waals surface area contributed by atoms with Crippen molar-refractivity contribution in [2.45, 2.75) is 25.2 Å². The topological polar surface area (TPSA) is 90.6 Å². The molecular weight excluding hydrogens is 322 g/mol. The molecule has 2 aliphatic heterocycles. The highest BCUT2D eigenvalue weighted by Gasteiger charge is 2.38. The van der Waals surface area contributed by atoms with Crippen LogP contribution in [0.25, 0.3) is 0 Å². The highest BCUT2D eigenvalue weighted by Crippen LogP contribution is 2.34. The fourth-order valence-electron chi connectivity index (χ4n) is 3.76. The van der Waals surface area contributed by atoms with Crippen LogP contribution in [-0.4, -0.2) is 84.8 Å². The van der Waals surface area contributed by atoms with E-state index in [0.29, 0.717) is 31.9 Å². The number of ether oxygens (including phenoxy) is 1. The largest absolute Gasteiger partial charge is 0.379 e. The van der Waals surface area contributed by atoms with Crippen LogP contribution < -0.4 is 5.32 Å². The van der Waals surface area contributed by atoms with Gasteiger partial charge in [-0.2, -0.15) is 5.10 Å². The van der Waals surface area contributed by atoms with Crippen LogP contribution in [0.3, 0.4) is 0 Å². The van der Waals surface area contributed by atoms with Crippen LogP contribution in [0.1, 0.15) is 35.8 Å². The van der Waals surface area contributed by atoms with Crippen molar-refractivity contribution in [1.82, 2.24) is 25.3 Å². The molecule has 0 bridgehead atoms. The van der Waals surface area contributed by atoms with E-state index >= 15 is 0 Å². The van der Waals surface area contributed by atoms with E-state index in [-0.39, 0.29) is 17.2 Å². The number of nitrogens with zero attached hydrogens (tertiary/aromatic N) is 3. The van der Waals surface area contributed by atoms with Gasteiger partial charge in [0.1, 0.15) is 0 Å². The number of likely N-dealkylation sites (tertiary alicyclic amines) is 1. The van der Waals surface area contributed by atoms with Gasteiger partial charge in [-0.3, -0.25) is 19.6 Å². The Hall–Kier alpha value is -1.93. The fraction of sp³-hybridized carbons (Fsp3) is 0.706. The second-order valence-corrected chi connectivity index (χ2v) is 7.11. The molecule has 0 radical (unpaired) electrons. The van der Waals surface area contributed by atoms with Crippen LogP contribution in [0.15, 0.2) is 6.20 Å². The van der Waals surface area contributed by atoms with Crippen molar-refractivity contribution in [3.63, 3.8) is 0 Å². The van der Waals surface area contributed by atoms with Gasteiger partial charge in [-0.1, -0.05) is 6.92 Å². The van der Waals surface area contributed by atoms with Crippen LogP contribution in [0, 0.1) is 0 Å². The fourth-order valence-corrected chi connectivity index (χ4v) is 3.76. The Labute approximate surface area is 147 Å². The zero-order valence-corrected chi connectivity index (χ0v) is 15.0. The second kappa shape index (κ2) is 7.53. The van der Waals surface area contributed by atoms with E-state index in [9.17, 15) is 9.59 Å². The number of carbonyl (C=O) groups is 2. The average molecular weight is 349 g/mol. The molecule has 3 rings (SSSR count). The van der Waals surface area contributed by atoms with Crippen molar-refractivity contribution in [3.05, 3.63) is 17.5 Å². The van der Waals surface area contributed by atoms with Crippen LogP contribution in [0.4, 0.5) is 0 Å². The first kappa shape index (κ1) is 17.9. The lowest BCUT2D eigenvalue weighted by Gasteiger charge is -2.41. The predicted molar refractivity (Wildman–Crippen MR) is 92.4 cm³/mol. The first-order valence-corrected chi connectivity index (χ1v) is 8.87. The molecule has 1 unspecified atom stereocenters. The van der Waals surface area contributed by atoms with Crippen molar-refractivity contribution in [1.29, 1.82) is 0 Å². The summed E-state index contributed by atoms with van der Waals surface area (Å²) in [5, 5.41) is 9.71. The third-order valence-electron chi connectivity index (χ3n) is 5.23. The summed E-state index contributed by atoms with van der Waals surface area (Å²) in [6.45, 7) is 6.89. The van der Waals surface area contributed by atoms with Gasteiger partial charge in [-0.25, -0.2) is 0 Å². The molecule has 8 nitrogen and oxygen atoms in total. The van der Waals surface area contributed by atoms with Crippen molar-refractivity contribution in [2.24, 2.45) is 0 Å². The van der Waals surface area contributed by atoms with Crippen molar-refractivity contribution in [3.8, 4) is 0 Å². The highest BCUT2D eigenvalue weighted by atomic mass is 16.5. The van der Waals surface area contributed by atoms with Gasteiger partial charge < -0.3 is 15.0 Å². The van der Waals surface area contributed by atoms with E-state index in [1.165, 1.54) is 0 Å². The Morgan fingerprint density at radius 3 is 2.84 bits per heavy atom. The van der Waals surface area contributed by atoms with Crippen LogP contribution in [0.2, 0.25) is 0 Å². The minimum absolute atomic E-state index is 0.147. The molecule has 1 aromatic rings. The van der Waals surface area contributed by atoms with Crippen molar-refractivity contribution < 1.29 is 14.3 Å². The quantitative estimate of drug-likeness (QED) is 0.797. The number of aromatic amines is 1. The molecule has 2 N–H and O–H groups in total. The Bertz CT molecular complexity index is 626. The van der Waals surface area contributed by atoms with E-state index in [4.69, 9.17) is 4.74 Å². The van der Waals surface area contributed by atoms with Crippen molar-refractivity contribution >= 4 is 11.8 Å². The van der Waals surface area contributed by atoms with E-state index < -0.39 is 0 Å². The van der Waals surface area contributed by atoms with E-state index in [0.717, 1.165) is 38.2 Å². The van der Waals surface area contributed by atoms with Crippen LogP contribution >= 0.6 is 0 Å². The molecule has 2 aliphatic rings. The monoisotopic (exact) mass is 349 g/mol. The lowest BCUT2D eigenvalue weighted by molar-refractivity contribution is -0.135. The number of piperidine rings is 1. The smallest absolute Gasteiger partial charge is 0.254 e. The lowest BCUT2D eigenvalue weighted by atomic mass is 9.77. The number of aromatic nitrogens is 2. The van der Waals surface area contributed by atoms with Gasteiger partial charge in [0.15, 0.2) is 0 Å². The molecular formula is C17H27N5O3. The predicted octanol–water partition coefficient (Wildman–Crippen LogP) is -0.0184. The number of hydrogen-bond donors (Lipinski definition) is 2. The Balaban J connectivity index is 1.70. The normalized spacial score (nSPS) is 25.0. The molecule has 1 aromatic heterocycles. The molecule has 2 amide bonds. The lowest BCUT2D eigenvalue weighted by Crippen LogP contribution is -2.51. The molecule has 8 heteroatoms. The third kappa shape index (κ3) is 3.85. The molecule has 2 fully saturated rings. The zero-order valence-electron chi connectivity index (χ0n) is 15.0. The molecule has 0 saturated carbocycles. The first-order valence-electron chi connectivity index (χ1n) is 8.87. The summed E-state index contributed by atoms with van der Waals surface area (Å²) < 4.78 is 5.34. The summed E-state index contributed by atoms with van der Waals surface area (Å²) in [6.07, 6.45) is 3.39. The summed E-state index contributed by atoms with van der Waals surface area (Å²) >= 11 is 0. The van der Waals surface area contributed by atoms with Gasteiger partial charge in [0, 0.05) is 38.6 Å². The van der Waals surface area contributed by atoms with Crippen LogP contribution in [0.5, 0.6) is 0 Å². The van der Waals surface area contributed by atoms with Gasteiger partial charge in [0.25, 0.3) is 5.91 Å². The average Bonchev–Trinajstić information content (AvgIpc) is 3.13. The minimum atomic E-state index is -0.294. The van der Waals surface area contributed by atoms with Gasteiger partial charge in [0.2, 0.25) is 5.91 Å². The number of amides is 2. The van der Waals surface area contributed by atoms with E-state index in [1.807, 2.05) is 4.90 Å².